The monoisotopic (exact) mass is 432 g/mol. The summed E-state index contributed by atoms with van der Waals surface area (Å²) in [5, 5.41) is 10.4. The SMILES string of the molecule is COc1ccc(-c2cc(-c3ccccc3)nc(SCC(=O)OC(C)(C)C)c2C#N)cc1. The van der Waals surface area contributed by atoms with Gasteiger partial charge >= 0.3 is 5.97 Å². The maximum atomic E-state index is 12.2. The summed E-state index contributed by atoms with van der Waals surface area (Å²) in [6.45, 7) is 5.48. The normalized spacial score (nSPS) is 10.9. The van der Waals surface area contributed by atoms with E-state index in [1.165, 1.54) is 11.8 Å². The number of benzene rings is 2. The smallest absolute Gasteiger partial charge is 0.316 e. The van der Waals surface area contributed by atoms with Crippen molar-refractivity contribution in [2.75, 3.05) is 12.9 Å². The lowest BCUT2D eigenvalue weighted by Crippen LogP contribution is -2.25. The van der Waals surface area contributed by atoms with Crippen molar-refractivity contribution in [3.8, 4) is 34.2 Å². The van der Waals surface area contributed by atoms with Crippen molar-refractivity contribution < 1.29 is 14.3 Å². The molecule has 0 aliphatic heterocycles. The van der Waals surface area contributed by atoms with Crippen molar-refractivity contribution >= 4 is 17.7 Å². The second-order valence-electron chi connectivity index (χ2n) is 7.82. The Labute approximate surface area is 187 Å². The molecule has 1 aromatic heterocycles. The number of rotatable bonds is 6. The average molecular weight is 433 g/mol. The molecular formula is C25H24N2O3S. The number of thioether (sulfide) groups is 1. The van der Waals surface area contributed by atoms with Crippen LogP contribution < -0.4 is 4.74 Å². The number of methoxy groups -OCH3 is 1. The zero-order valence-electron chi connectivity index (χ0n) is 18.0. The number of esters is 1. The quantitative estimate of drug-likeness (QED) is 0.366. The molecule has 0 aliphatic carbocycles. The number of aromatic nitrogens is 1. The van der Waals surface area contributed by atoms with Gasteiger partial charge in [0.05, 0.1) is 24.1 Å². The van der Waals surface area contributed by atoms with Gasteiger partial charge in [-0.2, -0.15) is 5.26 Å². The summed E-state index contributed by atoms with van der Waals surface area (Å²) >= 11 is 1.21. The van der Waals surface area contributed by atoms with E-state index in [9.17, 15) is 10.1 Å². The average Bonchev–Trinajstić information content (AvgIpc) is 2.76. The summed E-state index contributed by atoms with van der Waals surface area (Å²) in [7, 11) is 1.61. The number of carbonyl (C=O) groups is 1. The molecule has 0 atom stereocenters. The zero-order chi connectivity index (χ0) is 22.4. The van der Waals surface area contributed by atoms with Crippen LogP contribution in [-0.2, 0) is 9.53 Å². The summed E-state index contributed by atoms with van der Waals surface area (Å²) in [6.07, 6.45) is 0. The lowest BCUT2D eigenvalue weighted by atomic mass is 9.99. The molecule has 31 heavy (non-hydrogen) atoms. The maximum absolute atomic E-state index is 12.2. The molecule has 0 unspecified atom stereocenters. The molecular weight excluding hydrogens is 408 g/mol. The standard InChI is InChI=1S/C25H24N2O3S/c1-25(2,3)30-23(28)16-31-24-21(15-26)20(17-10-12-19(29-4)13-11-17)14-22(27-24)18-8-6-5-7-9-18/h5-14H,16H2,1-4H3. The van der Waals surface area contributed by atoms with Crippen molar-refractivity contribution in [2.24, 2.45) is 0 Å². The lowest BCUT2D eigenvalue weighted by molar-refractivity contribution is -0.151. The van der Waals surface area contributed by atoms with Crippen LogP contribution in [0.15, 0.2) is 65.7 Å². The van der Waals surface area contributed by atoms with Crippen molar-refractivity contribution in [2.45, 2.75) is 31.4 Å². The molecule has 0 N–H and O–H groups in total. The van der Waals surface area contributed by atoms with Gasteiger partial charge in [-0.25, -0.2) is 4.98 Å². The molecule has 0 fully saturated rings. The fourth-order valence-corrected chi connectivity index (χ4v) is 3.76. The summed E-state index contributed by atoms with van der Waals surface area (Å²) in [4.78, 5) is 17.0. The molecule has 0 aliphatic rings. The second-order valence-corrected chi connectivity index (χ2v) is 8.78. The first-order chi connectivity index (χ1) is 14.8. The Bertz CT molecular complexity index is 1100. The number of pyridine rings is 1. The van der Waals surface area contributed by atoms with Gasteiger partial charge in [-0.1, -0.05) is 54.2 Å². The van der Waals surface area contributed by atoms with E-state index in [0.29, 0.717) is 10.6 Å². The Morgan fingerprint density at radius 3 is 2.32 bits per heavy atom. The molecule has 0 radical (unpaired) electrons. The van der Waals surface area contributed by atoms with Crippen molar-refractivity contribution in [3.63, 3.8) is 0 Å². The van der Waals surface area contributed by atoms with E-state index < -0.39 is 5.60 Å². The summed E-state index contributed by atoms with van der Waals surface area (Å²) in [5.41, 5.74) is 3.15. The predicted molar refractivity (Wildman–Crippen MR) is 123 cm³/mol. The Hall–Kier alpha value is -3.30. The molecule has 158 valence electrons. The van der Waals surface area contributed by atoms with E-state index >= 15 is 0 Å². The molecule has 0 spiro atoms. The highest BCUT2D eigenvalue weighted by molar-refractivity contribution is 7.99. The van der Waals surface area contributed by atoms with Gasteiger partial charge in [0.25, 0.3) is 0 Å². The number of hydrogen-bond donors (Lipinski definition) is 0. The van der Waals surface area contributed by atoms with E-state index in [2.05, 4.69) is 6.07 Å². The van der Waals surface area contributed by atoms with Gasteiger partial charge in [0, 0.05) is 11.1 Å². The number of ether oxygens (including phenoxy) is 2. The second kappa shape index (κ2) is 9.67. The molecule has 1 heterocycles. The third-order valence-corrected chi connectivity index (χ3v) is 5.26. The summed E-state index contributed by atoms with van der Waals surface area (Å²) < 4.78 is 10.7. The minimum absolute atomic E-state index is 0.0687. The Morgan fingerprint density at radius 1 is 1.06 bits per heavy atom. The highest BCUT2D eigenvalue weighted by atomic mass is 32.2. The van der Waals surface area contributed by atoms with Crippen molar-refractivity contribution in [1.82, 2.24) is 4.98 Å². The van der Waals surface area contributed by atoms with Crippen LogP contribution >= 0.6 is 11.8 Å². The van der Waals surface area contributed by atoms with Crippen LogP contribution in [0.25, 0.3) is 22.4 Å². The number of hydrogen-bond acceptors (Lipinski definition) is 6. The van der Waals surface area contributed by atoms with E-state index in [1.54, 1.807) is 7.11 Å². The van der Waals surface area contributed by atoms with Crippen molar-refractivity contribution in [3.05, 3.63) is 66.2 Å². The molecule has 2 aromatic carbocycles. The molecule has 0 bridgehead atoms. The molecule has 3 aromatic rings. The van der Waals surface area contributed by atoms with Crippen molar-refractivity contribution in [1.29, 1.82) is 5.26 Å². The van der Waals surface area contributed by atoms with Gasteiger partial charge in [0.1, 0.15) is 22.4 Å². The highest BCUT2D eigenvalue weighted by Crippen LogP contribution is 2.35. The largest absolute Gasteiger partial charge is 0.497 e. The molecule has 3 rings (SSSR count). The predicted octanol–water partition coefficient (Wildman–Crippen LogP) is 5.73. The maximum Gasteiger partial charge on any atom is 0.316 e. The fraction of sp³-hybridized carbons (Fsp3) is 0.240. The zero-order valence-corrected chi connectivity index (χ0v) is 18.8. The van der Waals surface area contributed by atoms with Crippen LogP contribution in [0.2, 0.25) is 0 Å². The molecule has 0 saturated carbocycles. The van der Waals surface area contributed by atoms with Gasteiger partial charge in [0.15, 0.2) is 0 Å². The van der Waals surface area contributed by atoms with Crippen LogP contribution in [0.5, 0.6) is 5.75 Å². The Morgan fingerprint density at radius 2 is 1.74 bits per heavy atom. The third-order valence-electron chi connectivity index (χ3n) is 4.32. The minimum Gasteiger partial charge on any atom is -0.497 e. The van der Waals surface area contributed by atoms with Crippen LogP contribution in [0, 0.1) is 11.3 Å². The summed E-state index contributed by atoms with van der Waals surface area (Å²) in [5.74, 6) is 0.456. The molecule has 0 amide bonds. The van der Waals surface area contributed by atoms with Crippen LogP contribution in [0.1, 0.15) is 26.3 Å². The first-order valence-electron chi connectivity index (χ1n) is 9.80. The topological polar surface area (TPSA) is 72.2 Å². The van der Waals surface area contributed by atoms with E-state index in [4.69, 9.17) is 14.5 Å². The van der Waals surface area contributed by atoms with E-state index in [0.717, 1.165) is 28.1 Å². The Balaban J connectivity index is 2.05. The number of carbonyl (C=O) groups excluding carboxylic acids is 1. The van der Waals surface area contributed by atoms with Gasteiger partial charge in [-0.3, -0.25) is 4.79 Å². The van der Waals surface area contributed by atoms with Crippen LogP contribution in [0.4, 0.5) is 0 Å². The van der Waals surface area contributed by atoms with Gasteiger partial charge in [0.2, 0.25) is 0 Å². The van der Waals surface area contributed by atoms with Crippen LogP contribution in [0.3, 0.4) is 0 Å². The van der Waals surface area contributed by atoms with Gasteiger partial charge < -0.3 is 9.47 Å². The van der Waals surface area contributed by atoms with Crippen LogP contribution in [-0.4, -0.2) is 29.4 Å². The first kappa shape index (κ1) is 22.4. The number of nitrogens with zero attached hydrogens (tertiary/aromatic N) is 2. The Kier molecular flexibility index (Phi) is 6.98. The number of nitriles is 1. The first-order valence-corrected chi connectivity index (χ1v) is 10.8. The molecule has 6 heteroatoms. The van der Waals surface area contributed by atoms with E-state index in [1.807, 2.05) is 81.4 Å². The molecule has 5 nitrogen and oxygen atoms in total. The highest BCUT2D eigenvalue weighted by Gasteiger charge is 2.20. The molecule has 0 saturated heterocycles. The third kappa shape index (κ3) is 5.87. The lowest BCUT2D eigenvalue weighted by Gasteiger charge is -2.19. The van der Waals surface area contributed by atoms with Gasteiger partial charge in [-0.05, 0) is 44.5 Å². The van der Waals surface area contributed by atoms with Gasteiger partial charge in [-0.15, -0.1) is 0 Å². The minimum atomic E-state index is -0.566. The summed E-state index contributed by atoms with van der Waals surface area (Å²) in [6, 6.07) is 21.5. The fourth-order valence-electron chi connectivity index (χ4n) is 2.99. The van der Waals surface area contributed by atoms with E-state index in [-0.39, 0.29) is 11.7 Å².